The van der Waals surface area contributed by atoms with Crippen molar-refractivity contribution in [2.24, 2.45) is 0 Å². The van der Waals surface area contributed by atoms with Gasteiger partial charge in [-0.2, -0.15) is 5.10 Å². The van der Waals surface area contributed by atoms with Crippen LogP contribution in [0.3, 0.4) is 0 Å². The van der Waals surface area contributed by atoms with Crippen molar-refractivity contribution in [1.29, 1.82) is 0 Å². The molecule has 1 saturated heterocycles. The summed E-state index contributed by atoms with van der Waals surface area (Å²) >= 11 is 0. The van der Waals surface area contributed by atoms with Crippen LogP contribution in [0.25, 0.3) is 0 Å². The topological polar surface area (TPSA) is 79.9 Å². The zero-order valence-electron chi connectivity index (χ0n) is 11.9. The number of nitrogens with one attached hydrogen (secondary N) is 2. The van der Waals surface area contributed by atoms with E-state index in [1.165, 1.54) is 0 Å². The third-order valence-electron chi connectivity index (χ3n) is 3.81. The highest BCUT2D eigenvalue weighted by Gasteiger charge is 2.25. The number of H-pyrrole nitrogens is 1. The van der Waals surface area contributed by atoms with Crippen LogP contribution >= 0.6 is 0 Å². The number of carbonyl (C=O) groups excluding carboxylic acids is 1. The number of ether oxygens (including phenoxy) is 1. The number of rotatable bonds is 4. The highest BCUT2D eigenvalue weighted by Crippen LogP contribution is 2.26. The van der Waals surface area contributed by atoms with Crippen molar-refractivity contribution in [2.75, 3.05) is 13.2 Å². The van der Waals surface area contributed by atoms with Crippen molar-refractivity contribution < 1.29 is 9.53 Å². The van der Waals surface area contributed by atoms with Crippen molar-refractivity contribution in [3.05, 3.63) is 47.5 Å². The van der Waals surface area contributed by atoms with E-state index in [0.717, 1.165) is 24.3 Å². The summed E-state index contributed by atoms with van der Waals surface area (Å²) in [5.74, 6) is 0.111. The molecule has 0 unspecified atom stereocenters. The quantitative estimate of drug-likeness (QED) is 0.898. The summed E-state index contributed by atoms with van der Waals surface area (Å²) in [5, 5.41) is 9.95. The summed E-state index contributed by atoms with van der Waals surface area (Å²) in [5.41, 5.74) is 2.49. The number of amides is 1. The van der Waals surface area contributed by atoms with E-state index in [4.69, 9.17) is 4.74 Å². The Bertz CT molecular complexity index is 605. The van der Waals surface area contributed by atoms with E-state index in [1.807, 2.05) is 19.1 Å². The monoisotopic (exact) mass is 286 g/mol. The number of hydrogen-bond donors (Lipinski definition) is 2. The minimum absolute atomic E-state index is 0.0805. The minimum atomic E-state index is -0.116. The Kier molecular flexibility index (Phi) is 3.96. The Morgan fingerprint density at radius 2 is 2.29 bits per heavy atom. The van der Waals surface area contributed by atoms with E-state index in [1.54, 1.807) is 18.6 Å². The molecule has 1 aliphatic heterocycles. The normalized spacial score (nSPS) is 19.4. The molecule has 21 heavy (non-hydrogen) atoms. The first-order valence-corrected chi connectivity index (χ1v) is 7.07. The van der Waals surface area contributed by atoms with Gasteiger partial charge in [0.05, 0.1) is 30.1 Å². The summed E-state index contributed by atoms with van der Waals surface area (Å²) < 4.78 is 5.38. The molecule has 0 bridgehead atoms. The maximum Gasteiger partial charge on any atom is 0.255 e. The lowest BCUT2D eigenvalue weighted by Gasteiger charge is -2.15. The summed E-state index contributed by atoms with van der Waals surface area (Å²) in [6.07, 6.45) is 5.94. The van der Waals surface area contributed by atoms with Crippen molar-refractivity contribution in [1.82, 2.24) is 20.5 Å². The van der Waals surface area contributed by atoms with E-state index in [0.29, 0.717) is 12.2 Å². The SMILES string of the molecule is C[C@H](NC(=O)c1cn[nH]c1[C@H]1CCOC1)c1ccncc1. The first-order valence-electron chi connectivity index (χ1n) is 7.07. The van der Waals surface area contributed by atoms with Crippen LogP contribution in [0.15, 0.2) is 30.7 Å². The van der Waals surface area contributed by atoms with E-state index >= 15 is 0 Å². The Balaban J connectivity index is 1.72. The van der Waals surface area contributed by atoms with Crippen LogP contribution in [-0.2, 0) is 4.74 Å². The fraction of sp³-hybridized carbons (Fsp3) is 0.400. The van der Waals surface area contributed by atoms with Crippen LogP contribution in [0.2, 0.25) is 0 Å². The molecule has 0 radical (unpaired) electrons. The minimum Gasteiger partial charge on any atom is -0.381 e. The first-order chi connectivity index (χ1) is 10.3. The molecule has 6 nitrogen and oxygen atoms in total. The molecule has 0 saturated carbocycles. The maximum absolute atomic E-state index is 12.4. The molecule has 110 valence electrons. The second-order valence-corrected chi connectivity index (χ2v) is 5.23. The van der Waals surface area contributed by atoms with Gasteiger partial charge < -0.3 is 10.1 Å². The zero-order chi connectivity index (χ0) is 14.7. The largest absolute Gasteiger partial charge is 0.381 e. The van der Waals surface area contributed by atoms with Crippen LogP contribution in [-0.4, -0.2) is 34.3 Å². The predicted molar refractivity (Wildman–Crippen MR) is 76.9 cm³/mol. The Hall–Kier alpha value is -2.21. The number of carbonyl (C=O) groups is 1. The average Bonchev–Trinajstić information content (AvgIpc) is 3.18. The summed E-state index contributed by atoms with van der Waals surface area (Å²) in [4.78, 5) is 16.4. The molecular formula is C15H18N4O2. The predicted octanol–water partition coefficient (Wildman–Crippen LogP) is 1.80. The second kappa shape index (κ2) is 6.05. The number of aromatic nitrogens is 3. The molecule has 1 amide bonds. The molecule has 2 atom stereocenters. The van der Waals surface area contributed by atoms with Gasteiger partial charge in [-0.3, -0.25) is 14.9 Å². The van der Waals surface area contributed by atoms with Gasteiger partial charge >= 0.3 is 0 Å². The van der Waals surface area contributed by atoms with Gasteiger partial charge in [-0.25, -0.2) is 0 Å². The van der Waals surface area contributed by atoms with E-state index in [-0.39, 0.29) is 17.9 Å². The van der Waals surface area contributed by atoms with Crippen LogP contribution in [0.4, 0.5) is 0 Å². The molecule has 3 heterocycles. The number of nitrogens with zero attached hydrogens (tertiary/aromatic N) is 2. The van der Waals surface area contributed by atoms with E-state index in [2.05, 4.69) is 20.5 Å². The molecule has 0 spiro atoms. The summed E-state index contributed by atoms with van der Waals surface area (Å²) in [6.45, 7) is 3.33. The van der Waals surface area contributed by atoms with Crippen LogP contribution in [0.1, 0.15) is 46.9 Å². The highest BCUT2D eigenvalue weighted by atomic mass is 16.5. The first kappa shape index (κ1) is 13.8. The van der Waals surface area contributed by atoms with E-state index in [9.17, 15) is 4.79 Å². The molecular weight excluding hydrogens is 268 g/mol. The molecule has 0 aromatic carbocycles. The lowest BCUT2D eigenvalue weighted by molar-refractivity contribution is 0.0938. The molecule has 6 heteroatoms. The fourth-order valence-corrected chi connectivity index (χ4v) is 2.56. The second-order valence-electron chi connectivity index (χ2n) is 5.23. The summed E-state index contributed by atoms with van der Waals surface area (Å²) in [7, 11) is 0. The van der Waals surface area contributed by atoms with Gasteiger partial charge in [-0.1, -0.05) is 0 Å². The molecule has 0 aliphatic carbocycles. The van der Waals surface area contributed by atoms with Crippen molar-refractivity contribution in [2.45, 2.75) is 25.3 Å². The number of hydrogen-bond acceptors (Lipinski definition) is 4. The highest BCUT2D eigenvalue weighted by molar-refractivity contribution is 5.95. The standard InChI is InChI=1S/C15H18N4O2/c1-10(11-2-5-16-6-3-11)18-15(20)13-8-17-19-14(13)12-4-7-21-9-12/h2-3,5-6,8,10,12H,4,7,9H2,1H3,(H,17,19)(H,18,20)/t10-,12-/m0/s1. The third kappa shape index (κ3) is 2.95. The molecule has 2 aromatic rings. The van der Waals surface area contributed by atoms with Crippen molar-refractivity contribution in [3.63, 3.8) is 0 Å². The van der Waals surface area contributed by atoms with Crippen LogP contribution < -0.4 is 5.32 Å². The van der Waals surface area contributed by atoms with Gasteiger partial charge in [-0.15, -0.1) is 0 Å². The van der Waals surface area contributed by atoms with Gasteiger partial charge in [-0.05, 0) is 31.0 Å². The lowest BCUT2D eigenvalue weighted by atomic mass is 10.0. The smallest absolute Gasteiger partial charge is 0.255 e. The van der Waals surface area contributed by atoms with Gasteiger partial charge in [0.25, 0.3) is 5.91 Å². The molecule has 2 N–H and O–H groups in total. The van der Waals surface area contributed by atoms with Gasteiger partial charge in [0, 0.05) is 24.9 Å². The van der Waals surface area contributed by atoms with Gasteiger partial charge in [0.1, 0.15) is 0 Å². The van der Waals surface area contributed by atoms with Crippen molar-refractivity contribution >= 4 is 5.91 Å². The third-order valence-corrected chi connectivity index (χ3v) is 3.81. The number of pyridine rings is 1. The van der Waals surface area contributed by atoms with E-state index < -0.39 is 0 Å². The fourth-order valence-electron chi connectivity index (χ4n) is 2.56. The lowest BCUT2D eigenvalue weighted by Crippen LogP contribution is -2.27. The molecule has 1 aliphatic rings. The van der Waals surface area contributed by atoms with Gasteiger partial charge in [0.15, 0.2) is 0 Å². The average molecular weight is 286 g/mol. The van der Waals surface area contributed by atoms with Crippen LogP contribution in [0, 0.1) is 0 Å². The summed E-state index contributed by atoms with van der Waals surface area (Å²) in [6, 6.07) is 3.71. The molecule has 2 aromatic heterocycles. The Labute approximate surface area is 122 Å². The van der Waals surface area contributed by atoms with Crippen LogP contribution in [0.5, 0.6) is 0 Å². The maximum atomic E-state index is 12.4. The molecule has 1 fully saturated rings. The number of aromatic amines is 1. The molecule has 3 rings (SSSR count). The zero-order valence-corrected chi connectivity index (χ0v) is 11.9. The Morgan fingerprint density at radius 3 is 3.00 bits per heavy atom. The van der Waals surface area contributed by atoms with Crippen molar-refractivity contribution in [3.8, 4) is 0 Å². The Morgan fingerprint density at radius 1 is 1.48 bits per heavy atom. The van der Waals surface area contributed by atoms with Gasteiger partial charge in [0.2, 0.25) is 0 Å².